The monoisotopic (exact) mass is 263 g/mol. The fraction of sp³-hybridized carbons (Fsp3) is 0.625. The second-order valence-corrected chi connectivity index (χ2v) is 6.66. The molecule has 1 aromatic rings. The molecule has 0 aliphatic heterocycles. The molecule has 2 heteroatoms. The van der Waals surface area contributed by atoms with Crippen LogP contribution in [0.2, 0.25) is 0 Å². The van der Waals surface area contributed by atoms with Crippen molar-refractivity contribution in [2.75, 3.05) is 6.26 Å². The van der Waals surface area contributed by atoms with E-state index >= 15 is 0 Å². The highest BCUT2D eigenvalue weighted by atomic mass is 32.2. The maximum Gasteiger partial charge on any atom is 0.0294 e. The van der Waals surface area contributed by atoms with Crippen molar-refractivity contribution in [3.8, 4) is 0 Å². The molecule has 1 fully saturated rings. The van der Waals surface area contributed by atoms with Crippen molar-refractivity contribution >= 4 is 11.8 Å². The third-order valence-electron chi connectivity index (χ3n) is 3.99. The Morgan fingerprint density at radius 2 is 2.17 bits per heavy atom. The van der Waals surface area contributed by atoms with Gasteiger partial charge in [0.1, 0.15) is 0 Å². The lowest BCUT2D eigenvalue weighted by molar-refractivity contribution is 0.353. The predicted octanol–water partition coefficient (Wildman–Crippen LogP) is 4.32. The molecule has 0 saturated heterocycles. The topological polar surface area (TPSA) is 12.0 Å². The molecule has 0 radical (unpaired) electrons. The average Bonchev–Trinajstić information content (AvgIpc) is 2.39. The summed E-state index contributed by atoms with van der Waals surface area (Å²) in [5.41, 5.74) is 2.77. The summed E-state index contributed by atoms with van der Waals surface area (Å²) in [6, 6.07) is 10.0. The van der Waals surface area contributed by atoms with Crippen LogP contribution in [0.15, 0.2) is 24.3 Å². The molecule has 1 aliphatic carbocycles. The maximum atomic E-state index is 3.81. The largest absolute Gasteiger partial charge is 0.307 e. The van der Waals surface area contributed by atoms with Gasteiger partial charge in [0.05, 0.1) is 0 Å². The summed E-state index contributed by atoms with van der Waals surface area (Å²) in [5.74, 6) is 0. The normalized spacial score (nSPS) is 25.9. The zero-order valence-corrected chi connectivity index (χ0v) is 12.6. The maximum absolute atomic E-state index is 3.81. The molecular formula is C16H25NS. The second-order valence-electron chi connectivity index (χ2n) is 5.52. The molecule has 0 amide bonds. The third kappa shape index (κ3) is 3.76. The van der Waals surface area contributed by atoms with Gasteiger partial charge in [-0.3, -0.25) is 0 Å². The molecule has 2 rings (SSSR count). The van der Waals surface area contributed by atoms with Gasteiger partial charge in [0.25, 0.3) is 0 Å². The Kier molecular flexibility index (Phi) is 5.13. The lowest BCUT2D eigenvalue weighted by atomic mass is 9.93. The molecule has 100 valence electrons. The van der Waals surface area contributed by atoms with E-state index in [0.29, 0.717) is 12.1 Å². The Bertz CT molecular complexity index is 377. The first-order valence-electron chi connectivity index (χ1n) is 7.04. The summed E-state index contributed by atoms with van der Waals surface area (Å²) < 4.78 is 0. The zero-order chi connectivity index (χ0) is 13.0. The van der Waals surface area contributed by atoms with Crippen LogP contribution < -0.4 is 5.32 Å². The van der Waals surface area contributed by atoms with E-state index in [0.717, 1.165) is 5.25 Å². The van der Waals surface area contributed by atoms with Gasteiger partial charge in [0, 0.05) is 17.3 Å². The van der Waals surface area contributed by atoms with Crippen molar-refractivity contribution in [3.63, 3.8) is 0 Å². The molecular weight excluding hydrogens is 238 g/mol. The Morgan fingerprint density at radius 3 is 2.89 bits per heavy atom. The minimum absolute atomic E-state index is 0.468. The molecule has 1 saturated carbocycles. The molecule has 1 aliphatic rings. The first kappa shape index (κ1) is 14.0. The molecule has 3 atom stereocenters. The van der Waals surface area contributed by atoms with Crippen molar-refractivity contribution in [1.82, 2.24) is 5.32 Å². The van der Waals surface area contributed by atoms with Gasteiger partial charge in [0.15, 0.2) is 0 Å². The average molecular weight is 263 g/mol. The highest BCUT2D eigenvalue weighted by Crippen LogP contribution is 2.28. The van der Waals surface area contributed by atoms with Gasteiger partial charge in [-0.05, 0) is 44.9 Å². The first-order valence-corrected chi connectivity index (χ1v) is 8.33. The molecule has 0 spiro atoms. The Balaban J connectivity index is 1.92. The summed E-state index contributed by atoms with van der Waals surface area (Å²) >= 11 is 2.03. The van der Waals surface area contributed by atoms with Crippen molar-refractivity contribution in [2.45, 2.75) is 56.9 Å². The zero-order valence-electron chi connectivity index (χ0n) is 11.8. The number of hydrogen-bond acceptors (Lipinski definition) is 2. The Morgan fingerprint density at radius 1 is 1.33 bits per heavy atom. The molecule has 1 aromatic carbocycles. The van der Waals surface area contributed by atoms with E-state index in [1.807, 2.05) is 11.8 Å². The minimum atomic E-state index is 0.468. The molecule has 0 bridgehead atoms. The van der Waals surface area contributed by atoms with Crippen LogP contribution in [0.5, 0.6) is 0 Å². The van der Waals surface area contributed by atoms with E-state index in [-0.39, 0.29) is 0 Å². The smallest absolute Gasteiger partial charge is 0.0294 e. The fourth-order valence-electron chi connectivity index (χ4n) is 2.90. The van der Waals surface area contributed by atoms with Gasteiger partial charge in [-0.25, -0.2) is 0 Å². The van der Waals surface area contributed by atoms with E-state index in [9.17, 15) is 0 Å². The second kappa shape index (κ2) is 6.63. The molecule has 18 heavy (non-hydrogen) atoms. The molecule has 0 aromatic heterocycles. The summed E-state index contributed by atoms with van der Waals surface area (Å²) in [7, 11) is 0. The molecule has 1 N–H and O–H groups in total. The van der Waals surface area contributed by atoms with Gasteiger partial charge in [-0.2, -0.15) is 11.8 Å². The fourth-order valence-corrected chi connectivity index (χ4v) is 3.73. The number of aryl methyl sites for hydroxylation is 1. The minimum Gasteiger partial charge on any atom is -0.307 e. The van der Waals surface area contributed by atoms with Crippen LogP contribution in [0.25, 0.3) is 0 Å². The van der Waals surface area contributed by atoms with Crippen molar-refractivity contribution in [3.05, 3.63) is 35.4 Å². The van der Waals surface area contributed by atoms with E-state index in [4.69, 9.17) is 0 Å². The molecule has 3 unspecified atom stereocenters. The van der Waals surface area contributed by atoms with Crippen LogP contribution in [-0.2, 0) is 0 Å². The lowest BCUT2D eigenvalue weighted by Gasteiger charge is -2.31. The first-order chi connectivity index (χ1) is 8.69. The summed E-state index contributed by atoms with van der Waals surface area (Å²) in [6.45, 7) is 4.46. The van der Waals surface area contributed by atoms with Crippen LogP contribution in [-0.4, -0.2) is 17.5 Å². The summed E-state index contributed by atoms with van der Waals surface area (Å²) in [5, 5.41) is 4.68. The number of rotatable bonds is 4. The van der Waals surface area contributed by atoms with Gasteiger partial charge >= 0.3 is 0 Å². The predicted molar refractivity (Wildman–Crippen MR) is 82.3 cm³/mol. The Hall–Kier alpha value is -0.470. The standard InChI is InChI=1S/C16H25NS/c1-12-6-4-7-14(10-12)13(2)17-15-8-5-9-16(11-15)18-3/h4,6-7,10,13,15-17H,5,8-9,11H2,1-3H3. The van der Waals surface area contributed by atoms with E-state index in [2.05, 4.69) is 49.7 Å². The van der Waals surface area contributed by atoms with Crippen LogP contribution >= 0.6 is 11.8 Å². The number of thioether (sulfide) groups is 1. The summed E-state index contributed by atoms with van der Waals surface area (Å²) in [6.07, 6.45) is 7.70. The van der Waals surface area contributed by atoms with E-state index in [1.165, 1.54) is 36.8 Å². The highest BCUT2D eigenvalue weighted by molar-refractivity contribution is 7.99. The van der Waals surface area contributed by atoms with E-state index < -0.39 is 0 Å². The van der Waals surface area contributed by atoms with Crippen molar-refractivity contribution in [1.29, 1.82) is 0 Å². The van der Waals surface area contributed by atoms with Crippen LogP contribution in [0.4, 0.5) is 0 Å². The third-order valence-corrected chi connectivity index (χ3v) is 5.08. The van der Waals surface area contributed by atoms with Crippen LogP contribution in [0, 0.1) is 6.92 Å². The number of nitrogens with one attached hydrogen (secondary N) is 1. The van der Waals surface area contributed by atoms with Gasteiger partial charge in [-0.1, -0.05) is 36.2 Å². The quantitative estimate of drug-likeness (QED) is 0.868. The van der Waals surface area contributed by atoms with Crippen molar-refractivity contribution in [2.24, 2.45) is 0 Å². The van der Waals surface area contributed by atoms with Gasteiger partial charge < -0.3 is 5.32 Å². The van der Waals surface area contributed by atoms with E-state index in [1.54, 1.807) is 0 Å². The highest BCUT2D eigenvalue weighted by Gasteiger charge is 2.22. The number of benzene rings is 1. The van der Waals surface area contributed by atoms with Gasteiger partial charge in [-0.15, -0.1) is 0 Å². The van der Waals surface area contributed by atoms with Gasteiger partial charge in [0.2, 0.25) is 0 Å². The van der Waals surface area contributed by atoms with Crippen LogP contribution in [0.1, 0.15) is 49.8 Å². The van der Waals surface area contributed by atoms with Crippen LogP contribution in [0.3, 0.4) is 0 Å². The van der Waals surface area contributed by atoms with Crippen molar-refractivity contribution < 1.29 is 0 Å². The summed E-state index contributed by atoms with van der Waals surface area (Å²) in [4.78, 5) is 0. The number of hydrogen-bond donors (Lipinski definition) is 1. The lowest BCUT2D eigenvalue weighted by Crippen LogP contribution is -2.36. The SMILES string of the molecule is CSC1CCCC(NC(C)c2cccc(C)c2)C1. The Labute approximate surface area is 116 Å². The molecule has 0 heterocycles. The molecule has 1 nitrogen and oxygen atoms in total.